The second-order valence-corrected chi connectivity index (χ2v) is 6.07. The van der Waals surface area contributed by atoms with Gasteiger partial charge in [-0.25, -0.2) is 0 Å². The van der Waals surface area contributed by atoms with Crippen molar-refractivity contribution in [1.82, 2.24) is 5.32 Å². The van der Waals surface area contributed by atoms with E-state index in [1.165, 1.54) is 12.1 Å². The molecule has 0 saturated carbocycles. The van der Waals surface area contributed by atoms with Crippen molar-refractivity contribution in [3.05, 3.63) is 69.9 Å². The van der Waals surface area contributed by atoms with Crippen molar-refractivity contribution >= 4 is 26.9 Å². The zero-order valence-corrected chi connectivity index (χ0v) is 13.5. The first-order valence-electron chi connectivity index (χ1n) is 6.96. The van der Waals surface area contributed by atoms with Crippen molar-refractivity contribution in [2.45, 2.75) is 19.3 Å². The lowest BCUT2D eigenvalue weighted by molar-refractivity contribution is -0.137. The molecule has 0 aliphatic rings. The minimum absolute atomic E-state index is 0.503. The predicted molar refractivity (Wildman–Crippen MR) is 85.9 cm³/mol. The molecule has 0 radical (unpaired) electrons. The summed E-state index contributed by atoms with van der Waals surface area (Å²) in [5, 5.41) is 4.22. The topological polar surface area (TPSA) is 25.2 Å². The molecule has 23 heavy (non-hydrogen) atoms. The highest BCUT2D eigenvalue weighted by Gasteiger charge is 2.29. The van der Waals surface area contributed by atoms with Crippen LogP contribution in [-0.2, 0) is 19.3 Å². The average molecular weight is 384 g/mol. The number of furan rings is 1. The lowest BCUT2D eigenvalue weighted by atomic mass is 10.1. The van der Waals surface area contributed by atoms with Crippen LogP contribution < -0.4 is 5.32 Å². The summed E-state index contributed by atoms with van der Waals surface area (Å²) in [6.07, 6.45) is -2.65. The van der Waals surface area contributed by atoms with E-state index >= 15 is 0 Å². The normalized spacial score (nSPS) is 12.0. The van der Waals surface area contributed by atoms with Gasteiger partial charge in [0.15, 0.2) is 0 Å². The Bertz CT molecular complexity index is 809. The Balaban J connectivity index is 1.61. The average Bonchev–Trinajstić information content (AvgIpc) is 2.88. The van der Waals surface area contributed by atoms with Crippen LogP contribution in [0.15, 0.2) is 57.6 Å². The highest BCUT2D eigenvalue weighted by Crippen LogP contribution is 2.29. The molecule has 0 aliphatic carbocycles. The maximum Gasteiger partial charge on any atom is 0.416 e. The van der Waals surface area contributed by atoms with Crippen LogP contribution in [0, 0.1) is 0 Å². The molecular formula is C17H13BrF3NO. The van der Waals surface area contributed by atoms with Crippen molar-refractivity contribution in [3.63, 3.8) is 0 Å². The fourth-order valence-corrected chi connectivity index (χ4v) is 2.72. The Morgan fingerprint density at radius 2 is 1.61 bits per heavy atom. The Hall–Kier alpha value is -1.79. The number of hydrogen-bond acceptors (Lipinski definition) is 2. The van der Waals surface area contributed by atoms with E-state index in [0.717, 1.165) is 38.7 Å². The Morgan fingerprint density at radius 3 is 2.30 bits per heavy atom. The van der Waals surface area contributed by atoms with E-state index in [-0.39, 0.29) is 0 Å². The van der Waals surface area contributed by atoms with Gasteiger partial charge in [-0.3, -0.25) is 0 Å². The van der Waals surface area contributed by atoms with E-state index in [1.54, 1.807) is 6.26 Å². The van der Waals surface area contributed by atoms with Crippen molar-refractivity contribution in [2.24, 2.45) is 0 Å². The lowest BCUT2D eigenvalue weighted by Gasteiger charge is -2.08. The number of alkyl halides is 3. The van der Waals surface area contributed by atoms with E-state index in [4.69, 9.17) is 4.42 Å². The number of fused-ring (bicyclic) bond motifs is 1. The summed E-state index contributed by atoms with van der Waals surface area (Å²) in [5.74, 6) is 0. The van der Waals surface area contributed by atoms with E-state index in [9.17, 15) is 13.2 Å². The first kappa shape index (κ1) is 16.1. The quantitative estimate of drug-likeness (QED) is 0.642. The van der Waals surface area contributed by atoms with Crippen LogP contribution in [0.5, 0.6) is 0 Å². The summed E-state index contributed by atoms with van der Waals surface area (Å²) in [7, 11) is 0. The highest BCUT2D eigenvalue weighted by molar-refractivity contribution is 9.10. The summed E-state index contributed by atoms with van der Waals surface area (Å²) in [5.41, 5.74) is 2.06. The summed E-state index contributed by atoms with van der Waals surface area (Å²) in [4.78, 5) is 0. The standard InChI is InChI=1S/C17H13BrF3NO/c18-15-10-23-16-6-3-12(7-14(15)16)9-22-8-11-1-4-13(5-2-11)17(19,20)21/h1-7,10,22H,8-9H2. The minimum Gasteiger partial charge on any atom is -0.463 e. The Morgan fingerprint density at radius 1 is 0.957 bits per heavy atom. The maximum absolute atomic E-state index is 12.5. The molecule has 120 valence electrons. The third-order valence-corrected chi connectivity index (χ3v) is 4.14. The molecule has 2 aromatic carbocycles. The molecule has 1 aromatic heterocycles. The molecule has 6 heteroatoms. The van der Waals surface area contributed by atoms with E-state index < -0.39 is 11.7 Å². The molecule has 0 fully saturated rings. The van der Waals surface area contributed by atoms with Crippen LogP contribution in [0.2, 0.25) is 0 Å². The van der Waals surface area contributed by atoms with Gasteiger partial charge >= 0.3 is 6.18 Å². The fraction of sp³-hybridized carbons (Fsp3) is 0.176. The third-order valence-electron chi connectivity index (χ3n) is 3.53. The van der Waals surface area contributed by atoms with Gasteiger partial charge in [0, 0.05) is 18.5 Å². The molecule has 0 amide bonds. The SMILES string of the molecule is FC(F)(F)c1ccc(CNCc2ccc3occ(Br)c3c2)cc1. The molecule has 1 N–H and O–H groups in total. The van der Waals surface area contributed by atoms with Crippen LogP contribution in [-0.4, -0.2) is 0 Å². The summed E-state index contributed by atoms with van der Waals surface area (Å²) in [6.45, 7) is 1.12. The molecule has 3 aromatic rings. The van der Waals surface area contributed by atoms with Gasteiger partial charge in [-0.15, -0.1) is 0 Å². The van der Waals surface area contributed by atoms with Gasteiger partial charge in [0.1, 0.15) is 11.8 Å². The summed E-state index contributed by atoms with van der Waals surface area (Å²) >= 11 is 3.42. The van der Waals surface area contributed by atoms with Gasteiger partial charge in [-0.2, -0.15) is 13.2 Å². The highest BCUT2D eigenvalue weighted by atomic mass is 79.9. The van der Waals surface area contributed by atoms with Crippen molar-refractivity contribution in [1.29, 1.82) is 0 Å². The number of nitrogens with one attached hydrogen (secondary N) is 1. The second kappa shape index (κ2) is 6.37. The van der Waals surface area contributed by atoms with Crippen LogP contribution in [0.25, 0.3) is 11.0 Å². The molecule has 0 aliphatic heterocycles. The van der Waals surface area contributed by atoms with Crippen LogP contribution >= 0.6 is 15.9 Å². The molecule has 0 bridgehead atoms. The zero-order valence-electron chi connectivity index (χ0n) is 12.0. The molecule has 1 heterocycles. The molecule has 0 unspecified atom stereocenters. The Kier molecular flexibility index (Phi) is 4.46. The smallest absolute Gasteiger partial charge is 0.416 e. The molecular weight excluding hydrogens is 371 g/mol. The molecule has 0 spiro atoms. The van der Waals surface area contributed by atoms with E-state index in [1.807, 2.05) is 18.2 Å². The van der Waals surface area contributed by atoms with Crippen molar-refractivity contribution in [3.8, 4) is 0 Å². The Labute approximate surface area is 139 Å². The maximum atomic E-state index is 12.5. The van der Waals surface area contributed by atoms with Crippen LogP contribution in [0.4, 0.5) is 13.2 Å². The third kappa shape index (κ3) is 3.76. The van der Waals surface area contributed by atoms with E-state index in [0.29, 0.717) is 13.1 Å². The van der Waals surface area contributed by atoms with Crippen LogP contribution in [0.1, 0.15) is 16.7 Å². The zero-order chi connectivity index (χ0) is 16.4. The van der Waals surface area contributed by atoms with Crippen LogP contribution in [0.3, 0.4) is 0 Å². The van der Waals surface area contributed by atoms with Crippen molar-refractivity contribution in [2.75, 3.05) is 0 Å². The van der Waals surface area contributed by atoms with Gasteiger partial charge < -0.3 is 9.73 Å². The number of benzene rings is 2. The predicted octanol–water partition coefficient (Wildman–Crippen LogP) is 5.50. The second-order valence-electron chi connectivity index (χ2n) is 5.21. The molecule has 0 saturated heterocycles. The molecule has 3 rings (SSSR count). The van der Waals surface area contributed by atoms with Gasteiger partial charge in [-0.1, -0.05) is 18.2 Å². The number of hydrogen-bond donors (Lipinski definition) is 1. The number of halogens is 4. The largest absolute Gasteiger partial charge is 0.463 e. The molecule has 0 atom stereocenters. The summed E-state index contributed by atoms with van der Waals surface area (Å²) < 4.78 is 43.8. The fourth-order valence-electron chi connectivity index (χ4n) is 2.32. The first-order chi connectivity index (χ1) is 10.9. The monoisotopic (exact) mass is 383 g/mol. The van der Waals surface area contributed by atoms with Crippen molar-refractivity contribution < 1.29 is 17.6 Å². The first-order valence-corrected chi connectivity index (χ1v) is 7.75. The summed E-state index contributed by atoms with van der Waals surface area (Å²) in [6, 6.07) is 11.1. The van der Waals surface area contributed by atoms with Gasteiger partial charge in [-0.05, 0) is 51.3 Å². The van der Waals surface area contributed by atoms with Gasteiger partial charge in [0.2, 0.25) is 0 Å². The van der Waals surface area contributed by atoms with Gasteiger partial charge in [0.25, 0.3) is 0 Å². The lowest BCUT2D eigenvalue weighted by Crippen LogP contribution is -2.13. The molecule has 2 nitrogen and oxygen atoms in total. The van der Waals surface area contributed by atoms with Gasteiger partial charge in [0.05, 0.1) is 10.0 Å². The minimum atomic E-state index is -4.29. The van der Waals surface area contributed by atoms with E-state index in [2.05, 4.69) is 21.2 Å². The number of rotatable bonds is 4.